The Morgan fingerprint density at radius 1 is 1.25 bits per heavy atom. The maximum Gasteiger partial charge on any atom is 0.243 e. The molecule has 0 saturated carbocycles. The van der Waals surface area contributed by atoms with Gasteiger partial charge in [-0.2, -0.15) is 4.31 Å². The second-order valence-corrected chi connectivity index (χ2v) is 8.64. The lowest BCUT2D eigenvalue weighted by atomic mass is 10.0. The van der Waals surface area contributed by atoms with Gasteiger partial charge in [-0.1, -0.05) is 11.3 Å². The van der Waals surface area contributed by atoms with Crippen molar-refractivity contribution < 1.29 is 13.5 Å². The number of rotatable bonds is 4. The number of hydrogen-bond donors (Lipinski definition) is 1. The zero-order chi connectivity index (χ0) is 16.8. The van der Waals surface area contributed by atoms with Crippen LogP contribution in [0.25, 0.3) is 0 Å². The van der Waals surface area contributed by atoms with Crippen LogP contribution in [0.5, 0.6) is 0 Å². The molecule has 1 fully saturated rings. The van der Waals surface area contributed by atoms with Gasteiger partial charge in [-0.25, -0.2) is 13.1 Å². The van der Waals surface area contributed by atoms with Gasteiger partial charge in [0.2, 0.25) is 10.0 Å². The van der Waals surface area contributed by atoms with E-state index in [-0.39, 0.29) is 13.1 Å². The predicted octanol–water partition coefficient (Wildman–Crippen LogP) is 0.593. The van der Waals surface area contributed by atoms with Crippen LogP contribution in [-0.2, 0) is 29.4 Å². The van der Waals surface area contributed by atoms with E-state index >= 15 is 0 Å². The fourth-order valence-electron chi connectivity index (χ4n) is 3.63. The SMILES string of the molecule is O=S(=O)(c1ccc2c(c1)CCC2)N1CCC(O)(Cn2ccnn2)C1. The van der Waals surface area contributed by atoms with Crippen molar-refractivity contribution in [3.8, 4) is 0 Å². The van der Waals surface area contributed by atoms with E-state index in [4.69, 9.17) is 0 Å². The molecule has 0 amide bonds. The maximum atomic E-state index is 12.9. The lowest BCUT2D eigenvalue weighted by Crippen LogP contribution is -2.39. The number of benzene rings is 1. The van der Waals surface area contributed by atoms with Crippen LogP contribution < -0.4 is 0 Å². The highest BCUT2D eigenvalue weighted by Crippen LogP contribution is 2.31. The van der Waals surface area contributed by atoms with Gasteiger partial charge in [0.05, 0.1) is 23.2 Å². The van der Waals surface area contributed by atoms with E-state index < -0.39 is 15.6 Å². The fourth-order valence-corrected chi connectivity index (χ4v) is 5.20. The summed E-state index contributed by atoms with van der Waals surface area (Å²) in [6, 6.07) is 5.41. The molecule has 1 aromatic carbocycles. The molecular weight excluding hydrogens is 328 g/mol. The number of aliphatic hydroxyl groups is 1. The molecule has 0 bridgehead atoms. The molecule has 128 valence electrons. The summed E-state index contributed by atoms with van der Waals surface area (Å²) in [7, 11) is -3.58. The average molecular weight is 348 g/mol. The van der Waals surface area contributed by atoms with Crippen LogP contribution >= 0.6 is 0 Å². The molecule has 1 saturated heterocycles. The van der Waals surface area contributed by atoms with Gasteiger partial charge in [-0.3, -0.25) is 0 Å². The Kier molecular flexibility index (Phi) is 3.70. The van der Waals surface area contributed by atoms with Crippen molar-refractivity contribution >= 4 is 10.0 Å². The van der Waals surface area contributed by atoms with Gasteiger partial charge in [0.1, 0.15) is 0 Å². The normalized spacial score (nSPS) is 24.4. The third kappa shape index (κ3) is 2.74. The van der Waals surface area contributed by atoms with E-state index in [9.17, 15) is 13.5 Å². The highest BCUT2D eigenvalue weighted by atomic mass is 32.2. The Balaban J connectivity index is 1.55. The van der Waals surface area contributed by atoms with Crippen LogP contribution in [0.2, 0.25) is 0 Å². The van der Waals surface area contributed by atoms with Gasteiger partial charge in [0, 0.05) is 19.3 Å². The second kappa shape index (κ2) is 5.65. The van der Waals surface area contributed by atoms with Crippen molar-refractivity contribution in [2.45, 2.75) is 42.7 Å². The number of sulfonamides is 1. The molecule has 1 atom stereocenters. The number of aryl methyl sites for hydroxylation is 2. The van der Waals surface area contributed by atoms with Crippen molar-refractivity contribution in [3.05, 3.63) is 41.7 Å². The Labute approximate surface area is 141 Å². The van der Waals surface area contributed by atoms with Crippen LogP contribution in [0.4, 0.5) is 0 Å². The van der Waals surface area contributed by atoms with Crippen molar-refractivity contribution in [2.75, 3.05) is 13.1 Å². The summed E-state index contributed by atoms with van der Waals surface area (Å²) in [6.07, 6.45) is 6.64. The molecule has 1 N–H and O–H groups in total. The standard InChI is InChI=1S/C16H20N4O3S/c21-16(11-19-9-7-17-18-19)6-8-20(12-16)24(22,23)15-5-4-13-2-1-3-14(13)10-15/h4-5,7,9-10,21H,1-3,6,8,11-12H2. The highest BCUT2D eigenvalue weighted by Gasteiger charge is 2.42. The largest absolute Gasteiger partial charge is 0.387 e. The molecule has 24 heavy (non-hydrogen) atoms. The number of β-amino-alcohol motifs (C(OH)–C–C–N with tert-alkyl or cyclic N) is 1. The molecule has 0 radical (unpaired) electrons. The van der Waals surface area contributed by atoms with Gasteiger partial charge in [0.15, 0.2) is 0 Å². The smallest absolute Gasteiger partial charge is 0.243 e. The van der Waals surface area contributed by atoms with E-state index in [0.29, 0.717) is 17.9 Å². The first-order valence-electron chi connectivity index (χ1n) is 8.15. The predicted molar refractivity (Wildman–Crippen MR) is 86.8 cm³/mol. The Morgan fingerprint density at radius 2 is 2.08 bits per heavy atom. The number of nitrogens with zero attached hydrogens (tertiary/aromatic N) is 4. The minimum atomic E-state index is -3.58. The van der Waals surface area contributed by atoms with Gasteiger partial charge in [-0.15, -0.1) is 5.10 Å². The van der Waals surface area contributed by atoms with E-state index in [0.717, 1.165) is 24.8 Å². The fraction of sp³-hybridized carbons (Fsp3) is 0.500. The molecule has 1 aliphatic carbocycles. The quantitative estimate of drug-likeness (QED) is 0.874. The summed E-state index contributed by atoms with van der Waals surface area (Å²) in [5, 5.41) is 18.3. The van der Waals surface area contributed by atoms with Crippen molar-refractivity contribution in [3.63, 3.8) is 0 Å². The molecule has 4 rings (SSSR count). The molecule has 2 aromatic rings. The van der Waals surface area contributed by atoms with Crippen LogP contribution in [-0.4, -0.2) is 51.5 Å². The monoisotopic (exact) mass is 348 g/mol. The van der Waals surface area contributed by atoms with Crippen LogP contribution in [0.1, 0.15) is 24.0 Å². The lowest BCUT2D eigenvalue weighted by Gasteiger charge is -2.23. The summed E-state index contributed by atoms with van der Waals surface area (Å²) in [4.78, 5) is 0.327. The van der Waals surface area contributed by atoms with E-state index in [1.54, 1.807) is 18.3 Å². The molecule has 8 heteroatoms. The van der Waals surface area contributed by atoms with Crippen LogP contribution in [0.15, 0.2) is 35.5 Å². The van der Waals surface area contributed by atoms with Crippen molar-refractivity contribution in [1.82, 2.24) is 19.3 Å². The molecule has 2 aliphatic rings. The Morgan fingerprint density at radius 3 is 2.88 bits per heavy atom. The zero-order valence-corrected chi connectivity index (χ0v) is 14.1. The maximum absolute atomic E-state index is 12.9. The molecular formula is C16H20N4O3S. The van der Waals surface area contributed by atoms with E-state index in [1.165, 1.54) is 20.7 Å². The first kappa shape index (κ1) is 15.7. The molecule has 1 unspecified atom stereocenters. The summed E-state index contributed by atoms with van der Waals surface area (Å²) >= 11 is 0. The number of aromatic nitrogens is 3. The van der Waals surface area contributed by atoms with Gasteiger partial charge < -0.3 is 5.11 Å². The first-order valence-corrected chi connectivity index (χ1v) is 9.59. The second-order valence-electron chi connectivity index (χ2n) is 6.70. The molecule has 1 aliphatic heterocycles. The summed E-state index contributed by atoms with van der Waals surface area (Å²) in [5.74, 6) is 0. The third-order valence-corrected chi connectivity index (χ3v) is 6.77. The summed E-state index contributed by atoms with van der Waals surface area (Å²) in [6.45, 7) is 0.625. The van der Waals surface area contributed by atoms with Crippen LogP contribution in [0.3, 0.4) is 0 Å². The number of hydrogen-bond acceptors (Lipinski definition) is 5. The highest BCUT2D eigenvalue weighted by molar-refractivity contribution is 7.89. The molecule has 7 nitrogen and oxygen atoms in total. The molecule has 1 aromatic heterocycles. The third-order valence-electron chi connectivity index (χ3n) is 4.93. The van der Waals surface area contributed by atoms with Gasteiger partial charge in [-0.05, 0) is 48.9 Å². The minimum absolute atomic E-state index is 0.0757. The lowest BCUT2D eigenvalue weighted by molar-refractivity contribution is 0.0341. The summed E-state index contributed by atoms with van der Waals surface area (Å²) < 4.78 is 28.7. The average Bonchev–Trinajstić information content (AvgIpc) is 3.27. The minimum Gasteiger partial charge on any atom is -0.387 e. The van der Waals surface area contributed by atoms with Gasteiger partial charge in [0.25, 0.3) is 0 Å². The topological polar surface area (TPSA) is 88.3 Å². The summed E-state index contributed by atoms with van der Waals surface area (Å²) in [5.41, 5.74) is 1.27. The molecule has 0 spiro atoms. The molecule has 2 heterocycles. The Hall–Kier alpha value is -1.77. The van der Waals surface area contributed by atoms with Crippen LogP contribution in [0, 0.1) is 0 Å². The first-order chi connectivity index (χ1) is 11.5. The zero-order valence-electron chi connectivity index (χ0n) is 13.3. The van der Waals surface area contributed by atoms with Crippen molar-refractivity contribution in [2.24, 2.45) is 0 Å². The van der Waals surface area contributed by atoms with Gasteiger partial charge >= 0.3 is 0 Å². The Bertz CT molecular complexity index is 850. The van der Waals surface area contributed by atoms with E-state index in [1.807, 2.05) is 6.07 Å². The number of fused-ring (bicyclic) bond motifs is 1. The van der Waals surface area contributed by atoms with Crippen molar-refractivity contribution in [1.29, 1.82) is 0 Å². The van der Waals surface area contributed by atoms with E-state index in [2.05, 4.69) is 10.3 Å².